The van der Waals surface area contributed by atoms with Crippen LogP contribution in [0.25, 0.3) is 0 Å². The maximum absolute atomic E-state index is 12.6. The Labute approximate surface area is 121 Å². The van der Waals surface area contributed by atoms with Gasteiger partial charge in [0.15, 0.2) is 0 Å². The number of aromatic nitrogens is 2. The smallest absolute Gasteiger partial charge is 0.368 e. The van der Waals surface area contributed by atoms with E-state index in [0.717, 1.165) is 12.1 Å². The van der Waals surface area contributed by atoms with Crippen LogP contribution in [0.2, 0.25) is 0 Å². The third kappa shape index (κ3) is 3.19. The van der Waals surface area contributed by atoms with Gasteiger partial charge in [0, 0.05) is 10.0 Å². The molecule has 0 spiro atoms. The van der Waals surface area contributed by atoms with Crippen LogP contribution in [0.1, 0.15) is 16.8 Å². The Morgan fingerprint density at radius 1 is 1.40 bits per heavy atom. The molecule has 20 heavy (non-hydrogen) atoms. The van der Waals surface area contributed by atoms with Gasteiger partial charge in [-0.2, -0.15) is 18.3 Å². The molecule has 1 aromatic heterocycles. The van der Waals surface area contributed by atoms with Crippen molar-refractivity contribution in [1.82, 2.24) is 9.66 Å². The van der Waals surface area contributed by atoms with Gasteiger partial charge in [-0.05, 0) is 25.1 Å². The maximum Gasteiger partial charge on any atom is 0.416 e. The summed E-state index contributed by atoms with van der Waals surface area (Å²) in [5.74, 6) is 0.168. The van der Waals surface area contributed by atoms with Crippen LogP contribution < -0.4 is 5.73 Å². The average molecular weight is 347 g/mol. The van der Waals surface area contributed by atoms with Crippen molar-refractivity contribution in [3.8, 4) is 0 Å². The minimum atomic E-state index is -4.39. The Bertz CT molecular complexity index is 661. The van der Waals surface area contributed by atoms with Gasteiger partial charge in [0.1, 0.15) is 0 Å². The third-order valence-corrected chi connectivity index (χ3v) is 3.20. The molecule has 0 aliphatic rings. The van der Waals surface area contributed by atoms with Gasteiger partial charge in [0.2, 0.25) is 5.95 Å². The van der Waals surface area contributed by atoms with E-state index in [1.165, 1.54) is 17.0 Å². The molecule has 2 aromatic rings. The molecule has 2 N–H and O–H groups in total. The summed E-state index contributed by atoms with van der Waals surface area (Å²) in [4.78, 5) is 3.94. The fraction of sp³-hybridized carbons (Fsp3) is 0.167. The fourth-order valence-corrected chi connectivity index (χ4v) is 1.89. The first-order chi connectivity index (χ1) is 9.27. The van der Waals surface area contributed by atoms with Crippen LogP contribution in [0.3, 0.4) is 0 Å². The number of nitrogens with two attached hydrogens (primary N) is 1. The number of alkyl halides is 3. The minimum absolute atomic E-state index is 0.168. The summed E-state index contributed by atoms with van der Waals surface area (Å²) in [6, 6.07) is 3.33. The van der Waals surface area contributed by atoms with E-state index >= 15 is 0 Å². The monoisotopic (exact) mass is 346 g/mol. The summed E-state index contributed by atoms with van der Waals surface area (Å²) in [5, 5.41) is 3.99. The highest BCUT2D eigenvalue weighted by atomic mass is 79.9. The topological polar surface area (TPSA) is 56.2 Å². The Morgan fingerprint density at radius 3 is 2.65 bits per heavy atom. The summed E-state index contributed by atoms with van der Waals surface area (Å²) in [6.07, 6.45) is -1.53. The molecule has 106 valence electrons. The van der Waals surface area contributed by atoms with E-state index in [4.69, 9.17) is 5.73 Å². The molecule has 0 aliphatic heterocycles. The molecule has 0 bridgehead atoms. The van der Waals surface area contributed by atoms with Gasteiger partial charge in [-0.1, -0.05) is 15.9 Å². The number of imidazole rings is 1. The quantitative estimate of drug-likeness (QED) is 0.847. The number of nitrogen functional groups attached to an aromatic ring is 1. The minimum Gasteiger partial charge on any atom is -0.368 e. The van der Waals surface area contributed by atoms with Crippen LogP contribution in [0.15, 0.2) is 34.0 Å². The molecule has 1 aromatic carbocycles. The van der Waals surface area contributed by atoms with Crippen LogP contribution in [-0.2, 0) is 6.18 Å². The second-order valence-corrected chi connectivity index (χ2v) is 4.92. The van der Waals surface area contributed by atoms with Crippen molar-refractivity contribution in [1.29, 1.82) is 0 Å². The molecule has 4 nitrogen and oxygen atoms in total. The second kappa shape index (κ2) is 5.28. The standard InChI is InChI=1S/C12H10BrF3N4/c1-7-6-20(11(17)19-7)18-5-8-4-9(12(14,15)16)2-3-10(8)13/h2-6H,1H3,(H2,17,19). The number of halogens is 4. The lowest BCUT2D eigenvalue weighted by molar-refractivity contribution is -0.137. The summed E-state index contributed by atoms with van der Waals surface area (Å²) in [6.45, 7) is 1.74. The highest BCUT2D eigenvalue weighted by Crippen LogP contribution is 2.31. The number of anilines is 1. The van der Waals surface area contributed by atoms with Crippen molar-refractivity contribution in [3.05, 3.63) is 45.7 Å². The fourth-order valence-electron chi connectivity index (χ4n) is 1.54. The number of aryl methyl sites for hydroxylation is 1. The SMILES string of the molecule is Cc1cn(N=Cc2cc(C(F)(F)F)ccc2Br)c(N)n1. The molecule has 0 fully saturated rings. The van der Waals surface area contributed by atoms with Crippen LogP contribution in [0, 0.1) is 6.92 Å². The molecule has 0 unspecified atom stereocenters. The lowest BCUT2D eigenvalue weighted by Crippen LogP contribution is -2.05. The Kier molecular flexibility index (Phi) is 3.85. The number of nitrogens with zero attached hydrogens (tertiary/aromatic N) is 3. The van der Waals surface area contributed by atoms with Crippen molar-refractivity contribution < 1.29 is 13.2 Å². The molecule has 0 atom stereocenters. The van der Waals surface area contributed by atoms with Crippen molar-refractivity contribution in [3.63, 3.8) is 0 Å². The van der Waals surface area contributed by atoms with Crippen LogP contribution in [-0.4, -0.2) is 15.9 Å². The summed E-state index contributed by atoms with van der Waals surface area (Å²) in [5.41, 5.74) is 5.82. The molecule has 0 aliphatic carbocycles. The van der Waals surface area contributed by atoms with Gasteiger partial charge in [0.25, 0.3) is 0 Å². The first kappa shape index (κ1) is 14.6. The third-order valence-electron chi connectivity index (χ3n) is 2.48. The highest BCUT2D eigenvalue weighted by Gasteiger charge is 2.30. The molecular weight excluding hydrogens is 337 g/mol. The highest BCUT2D eigenvalue weighted by molar-refractivity contribution is 9.10. The Hall–Kier alpha value is -1.83. The van der Waals surface area contributed by atoms with Crippen molar-refractivity contribution in [2.75, 3.05) is 5.73 Å². The van der Waals surface area contributed by atoms with Crippen LogP contribution >= 0.6 is 15.9 Å². The predicted octanol–water partition coefficient (Wildman–Crippen LogP) is 3.44. The van der Waals surface area contributed by atoms with Gasteiger partial charge < -0.3 is 5.73 Å². The predicted molar refractivity (Wildman–Crippen MR) is 73.5 cm³/mol. The Morgan fingerprint density at radius 2 is 2.10 bits per heavy atom. The van der Waals surface area contributed by atoms with Gasteiger partial charge >= 0.3 is 6.18 Å². The zero-order valence-electron chi connectivity index (χ0n) is 10.3. The van der Waals surface area contributed by atoms with E-state index in [1.807, 2.05) is 0 Å². The number of benzene rings is 1. The van der Waals surface area contributed by atoms with Gasteiger partial charge in [0.05, 0.1) is 23.7 Å². The first-order valence-electron chi connectivity index (χ1n) is 5.50. The molecule has 0 radical (unpaired) electrons. The number of hydrogen-bond acceptors (Lipinski definition) is 3. The lowest BCUT2D eigenvalue weighted by Gasteiger charge is -2.08. The summed E-state index contributed by atoms with van der Waals surface area (Å²) in [7, 11) is 0. The van der Waals surface area contributed by atoms with Crippen molar-refractivity contribution in [2.24, 2.45) is 5.10 Å². The van der Waals surface area contributed by atoms with Gasteiger partial charge in [-0.15, -0.1) is 0 Å². The van der Waals surface area contributed by atoms with E-state index in [-0.39, 0.29) is 5.95 Å². The summed E-state index contributed by atoms with van der Waals surface area (Å²) < 4.78 is 39.7. The van der Waals surface area contributed by atoms with E-state index < -0.39 is 11.7 Å². The Balaban J connectivity index is 2.36. The number of rotatable bonds is 2. The summed E-state index contributed by atoms with van der Waals surface area (Å²) >= 11 is 3.18. The molecule has 0 saturated heterocycles. The van der Waals surface area contributed by atoms with E-state index in [2.05, 4.69) is 26.0 Å². The second-order valence-electron chi connectivity index (χ2n) is 4.06. The lowest BCUT2D eigenvalue weighted by atomic mass is 10.1. The largest absolute Gasteiger partial charge is 0.416 e. The molecule has 0 amide bonds. The van der Waals surface area contributed by atoms with E-state index in [9.17, 15) is 13.2 Å². The van der Waals surface area contributed by atoms with Crippen molar-refractivity contribution >= 4 is 28.1 Å². The average Bonchev–Trinajstić information content (AvgIpc) is 2.65. The van der Waals surface area contributed by atoms with Crippen LogP contribution in [0.5, 0.6) is 0 Å². The van der Waals surface area contributed by atoms with Gasteiger partial charge in [-0.3, -0.25) is 0 Å². The van der Waals surface area contributed by atoms with Gasteiger partial charge in [-0.25, -0.2) is 9.66 Å². The maximum atomic E-state index is 12.6. The zero-order valence-corrected chi connectivity index (χ0v) is 11.9. The number of hydrogen-bond donors (Lipinski definition) is 1. The normalized spacial score (nSPS) is 12.2. The molecule has 0 saturated carbocycles. The molecule has 8 heteroatoms. The van der Waals surface area contributed by atoms with Crippen LogP contribution in [0.4, 0.5) is 19.1 Å². The zero-order chi connectivity index (χ0) is 14.9. The molecule has 1 heterocycles. The van der Waals surface area contributed by atoms with Crippen molar-refractivity contribution in [2.45, 2.75) is 13.1 Å². The first-order valence-corrected chi connectivity index (χ1v) is 6.29. The molecular formula is C12H10BrF3N4. The van der Waals surface area contributed by atoms with E-state index in [1.54, 1.807) is 13.1 Å². The molecule has 2 rings (SSSR count). The van der Waals surface area contributed by atoms with E-state index in [0.29, 0.717) is 15.7 Å².